The maximum atomic E-state index is 15.4. The Hall–Kier alpha value is -6.12. The number of likely N-dealkylation sites (tertiary alicyclic amines) is 1. The number of alkyl halides is 3. The number of pyridine rings is 1. The zero-order chi connectivity index (χ0) is 52.0. The lowest BCUT2D eigenvalue weighted by Crippen LogP contribution is -2.58. The van der Waals surface area contributed by atoms with E-state index < -0.39 is 81.6 Å². The number of aliphatic hydroxyl groups excluding tert-OH is 1. The summed E-state index contributed by atoms with van der Waals surface area (Å²) in [4.78, 5) is 67.1. The summed E-state index contributed by atoms with van der Waals surface area (Å²) in [6.07, 6.45) is -3.47. The number of aliphatic hydroxyl groups is 1. The number of hydrogen-bond donors (Lipinski definition) is 3. The number of anilines is 2. The summed E-state index contributed by atoms with van der Waals surface area (Å²) in [5.41, 5.74) is -0.125. The Morgan fingerprint density at radius 2 is 1.70 bits per heavy atom. The van der Waals surface area contributed by atoms with Crippen molar-refractivity contribution in [2.75, 3.05) is 49.4 Å². The first-order chi connectivity index (χ1) is 33.4. The van der Waals surface area contributed by atoms with Crippen molar-refractivity contribution >= 4 is 63.7 Å². The minimum atomic E-state index is -5.20. The predicted molar refractivity (Wildman–Crippen MR) is 260 cm³/mol. The van der Waals surface area contributed by atoms with E-state index in [2.05, 4.69) is 20.6 Å². The minimum absolute atomic E-state index is 0.0553. The molecule has 6 rings (SSSR count). The standard InChI is InChI=1S/C49H56F4N8O8S2/c1-28-20-38(55-24-36(28)61-46(70)60(45(66)48(61,6)7)34-15-14-32(22-54)39(40(34)50)49(51,52)53)69-17-9-8-16-67-18-19-68-26-37(63)58-42(47(3,4)5)44(65)59-25-33(62)21-35(59)43(64)56-23-30-10-12-31(13-11-30)41-29(2)57-27-71-41/h10-15,20,24,27,33,35,42,62H,8-9,16-19,21,23,25-26H2,1-7H3,(H,56,64)(H,58,63)/t33-,35+,42-/m1/s1. The Morgan fingerprint density at radius 3 is 2.34 bits per heavy atom. The number of benzene rings is 2. The van der Waals surface area contributed by atoms with E-state index in [4.69, 9.17) is 26.4 Å². The molecule has 0 aliphatic carbocycles. The van der Waals surface area contributed by atoms with Crippen LogP contribution < -0.4 is 25.2 Å². The van der Waals surface area contributed by atoms with E-state index in [1.165, 1.54) is 35.9 Å². The first-order valence-corrected chi connectivity index (χ1v) is 24.0. The number of amides is 4. The normalized spacial score (nSPS) is 17.4. The SMILES string of the molecule is Cc1cc(OCCCCOCCOCC(=O)N[C@H](C(=O)N2C[C@H](O)C[C@H]2C(=O)NCc2ccc(-c3scnc3C)cc2)C(C)(C)C)ncc1N1C(=S)N(c2ccc(C#N)c(C(F)(F)F)c2F)C(=O)C1(C)C. The van der Waals surface area contributed by atoms with Gasteiger partial charge in [0.2, 0.25) is 23.6 Å². The molecule has 2 fully saturated rings. The van der Waals surface area contributed by atoms with E-state index >= 15 is 4.39 Å². The Morgan fingerprint density at radius 1 is 1.01 bits per heavy atom. The van der Waals surface area contributed by atoms with Crippen molar-refractivity contribution in [3.63, 3.8) is 0 Å². The summed E-state index contributed by atoms with van der Waals surface area (Å²) in [5, 5.41) is 25.1. The molecule has 4 amide bonds. The highest BCUT2D eigenvalue weighted by molar-refractivity contribution is 7.81. The fourth-order valence-corrected chi connectivity index (χ4v) is 9.53. The molecular formula is C49H56F4N8O8S2. The van der Waals surface area contributed by atoms with Gasteiger partial charge in [0.05, 0.1) is 71.2 Å². The lowest BCUT2D eigenvalue weighted by atomic mass is 9.85. The van der Waals surface area contributed by atoms with Gasteiger partial charge in [-0.3, -0.25) is 24.1 Å². The number of aryl methyl sites for hydroxylation is 2. The molecule has 16 nitrogen and oxygen atoms in total. The number of β-amino-alcohol motifs (C(OH)–C–C–N with tert-alkyl or cyclic N) is 1. The van der Waals surface area contributed by atoms with E-state index in [1.807, 2.05) is 31.2 Å². The van der Waals surface area contributed by atoms with Crippen molar-refractivity contribution in [3.05, 3.63) is 87.9 Å². The van der Waals surface area contributed by atoms with Crippen molar-refractivity contribution in [2.45, 2.75) is 104 Å². The maximum Gasteiger partial charge on any atom is 0.420 e. The third-order valence-electron chi connectivity index (χ3n) is 12.0. The van der Waals surface area contributed by atoms with Crippen LogP contribution in [-0.4, -0.2) is 112 Å². The van der Waals surface area contributed by atoms with Crippen LogP contribution in [0.3, 0.4) is 0 Å². The average molecular weight is 1030 g/mol. The van der Waals surface area contributed by atoms with E-state index in [9.17, 15) is 42.7 Å². The highest BCUT2D eigenvalue weighted by Crippen LogP contribution is 2.43. The van der Waals surface area contributed by atoms with Gasteiger partial charge in [-0.15, -0.1) is 11.3 Å². The number of carbonyl (C=O) groups excluding carboxylic acids is 4. The smallest absolute Gasteiger partial charge is 0.420 e. The molecule has 0 unspecified atom stereocenters. The number of unbranched alkanes of at least 4 members (excludes halogenated alkanes) is 1. The van der Waals surface area contributed by atoms with Crippen LogP contribution in [-0.2, 0) is 41.4 Å². The summed E-state index contributed by atoms with van der Waals surface area (Å²) in [5.74, 6) is -3.75. The molecule has 3 atom stereocenters. The Labute approximate surface area is 418 Å². The topological polar surface area (TPSA) is 200 Å². The number of hydrogen-bond acceptors (Lipinski definition) is 13. The highest BCUT2D eigenvalue weighted by Gasteiger charge is 2.52. The Balaban J connectivity index is 0.904. The molecule has 0 saturated carbocycles. The van der Waals surface area contributed by atoms with E-state index in [0.29, 0.717) is 35.6 Å². The molecule has 4 heterocycles. The minimum Gasteiger partial charge on any atom is -0.478 e. The summed E-state index contributed by atoms with van der Waals surface area (Å²) in [6.45, 7) is 12.8. The van der Waals surface area contributed by atoms with Gasteiger partial charge in [0.1, 0.15) is 29.8 Å². The molecule has 0 spiro atoms. The fraction of sp³-hybridized carbons (Fsp3) is 0.469. The average Bonchev–Trinajstić information content (AvgIpc) is 3.97. The number of thiazole rings is 1. The summed E-state index contributed by atoms with van der Waals surface area (Å²) >= 11 is 7.09. The second kappa shape index (κ2) is 22.5. The number of rotatable bonds is 19. The van der Waals surface area contributed by atoms with Crippen LogP contribution in [0.4, 0.5) is 28.9 Å². The van der Waals surface area contributed by atoms with Crippen LogP contribution >= 0.6 is 23.6 Å². The lowest BCUT2D eigenvalue weighted by molar-refractivity contribution is -0.144. The monoisotopic (exact) mass is 1020 g/mol. The zero-order valence-electron chi connectivity index (χ0n) is 40.3. The molecule has 2 aromatic heterocycles. The third-order valence-corrected chi connectivity index (χ3v) is 13.3. The van der Waals surface area contributed by atoms with Crippen LogP contribution in [0.15, 0.2) is 54.2 Å². The van der Waals surface area contributed by atoms with Crippen LogP contribution in [0, 0.1) is 36.4 Å². The van der Waals surface area contributed by atoms with Crippen LogP contribution in [0.5, 0.6) is 5.88 Å². The van der Waals surface area contributed by atoms with Gasteiger partial charge in [-0.2, -0.15) is 18.4 Å². The van der Waals surface area contributed by atoms with Crippen LogP contribution in [0.25, 0.3) is 10.4 Å². The quantitative estimate of drug-likeness (QED) is 0.0506. The van der Waals surface area contributed by atoms with Crippen molar-refractivity contribution in [3.8, 4) is 22.4 Å². The van der Waals surface area contributed by atoms with Crippen LogP contribution in [0.2, 0.25) is 0 Å². The van der Waals surface area contributed by atoms with Gasteiger partial charge < -0.3 is 39.8 Å². The molecule has 4 aromatic rings. The molecule has 0 bridgehead atoms. The van der Waals surface area contributed by atoms with Gasteiger partial charge in [-0.05, 0) is 87.0 Å². The number of ether oxygens (including phenoxy) is 3. The first kappa shape index (κ1) is 54.2. The summed E-state index contributed by atoms with van der Waals surface area (Å²) < 4.78 is 73.7. The van der Waals surface area contributed by atoms with Gasteiger partial charge in [0.25, 0.3) is 5.91 Å². The Kier molecular flexibility index (Phi) is 17.2. The fourth-order valence-electron chi connectivity index (χ4n) is 8.21. The molecule has 2 aliphatic heterocycles. The predicted octanol–water partition coefficient (Wildman–Crippen LogP) is 6.77. The molecule has 2 saturated heterocycles. The van der Waals surface area contributed by atoms with Crippen molar-refractivity contribution in [2.24, 2.45) is 5.41 Å². The number of halogens is 4. The van der Waals surface area contributed by atoms with Gasteiger partial charge in [0, 0.05) is 32.2 Å². The summed E-state index contributed by atoms with van der Waals surface area (Å²) in [7, 11) is 0. The number of nitrogens with one attached hydrogen (secondary N) is 2. The number of nitrogens with zero attached hydrogens (tertiary/aromatic N) is 6. The second-order valence-corrected chi connectivity index (χ2v) is 19.9. The van der Waals surface area contributed by atoms with E-state index in [-0.39, 0.29) is 56.9 Å². The van der Waals surface area contributed by atoms with Gasteiger partial charge in [0.15, 0.2) is 10.9 Å². The number of nitriles is 1. The number of thiocarbonyl (C=S) groups is 1. The summed E-state index contributed by atoms with van der Waals surface area (Å²) in [6, 6.07) is 10.5. The molecule has 380 valence electrons. The van der Waals surface area contributed by atoms with Gasteiger partial charge in [-0.25, -0.2) is 14.4 Å². The highest BCUT2D eigenvalue weighted by atomic mass is 32.1. The van der Waals surface area contributed by atoms with Crippen molar-refractivity contribution in [1.82, 2.24) is 25.5 Å². The van der Waals surface area contributed by atoms with Crippen LogP contribution in [0.1, 0.15) is 81.8 Å². The van der Waals surface area contributed by atoms with E-state index in [0.717, 1.165) is 33.8 Å². The molecule has 22 heteroatoms. The maximum absolute atomic E-state index is 15.4. The molecule has 3 N–H and O–H groups in total. The molecule has 0 radical (unpaired) electrons. The Bertz CT molecular complexity index is 2670. The van der Waals surface area contributed by atoms with Crippen molar-refractivity contribution < 1.29 is 56.1 Å². The number of carbonyl (C=O) groups is 4. The van der Waals surface area contributed by atoms with E-state index in [1.54, 1.807) is 50.6 Å². The van der Waals surface area contributed by atoms with Gasteiger partial charge >= 0.3 is 6.18 Å². The third kappa shape index (κ3) is 12.5. The van der Waals surface area contributed by atoms with Crippen molar-refractivity contribution in [1.29, 1.82) is 5.26 Å². The number of aromatic nitrogens is 2. The molecule has 2 aliphatic rings. The molecular weight excluding hydrogens is 969 g/mol. The van der Waals surface area contributed by atoms with Gasteiger partial charge in [-0.1, -0.05) is 45.0 Å². The largest absolute Gasteiger partial charge is 0.478 e. The second-order valence-electron chi connectivity index (χ2n) is 18.7. The molecule has 71 heavy (non-hydrogen) atoms. The lowest BCUT2D eigenvalue weighted by Gasteiger charge is -2.35. The molecule has 2 aromatic carbocycles. The first-order valence-electron chi connectivity index (χ1n) is 22.7. The zero-order valence-corrected chi connectivity index (χ0v) is 41.9.